The Morgan fingerprint density at radius 3 is 2.17 bits per heavy atom. The van der Waals surface area contributed by atoms with Crippen molar-refractivity contribution in [2.75, 3.05) is 6.54 Å². The van der Waals surface area contributed by atoms with Gasteiger partial charge in [0.1, 0.15) is 0 Å². The Labute approximate surface area is 115 Å². The summed E-state index contributed by atoms with van der Waals surface area (Å²) in [4.78, 5) is 0. The highest BCUT2D eigenvalue weighted by Gasteiger charge is 2.27. The Hall–Kier alpha value is -0.0400. The van der Waals surface area contributed by atoms with Gasteiger partial charge >= 0.3 is 0 Å². The molecule has 0 aliphatic heterocycles. The van der Waals surface area contributed by atoms with E-state index < -0.39 is 0 Å². The summed E-state index contributed by atoms with van der Waals surface area (Å²) in [5.41, 5.74) is 0.558. The SMILES string of the molecule is CCCCCCCCC(C)(CCC)CNC1CC1. The lowest BCUT2D eigenvalue weighted by Gasteiger charge is -2.30. The van der Waals surface area contributed by atoms with Crippen LogP contribution < -0.4 is 5.32 Å². The first-order valence-electron chi connectivity index (χ1n) is 8.43. The first kappa shape index (κ1) is 16.0. The molecule has 0 heterocycles. The van der Waals surface area contributed by atoms with Crippen LogP contribution in [0.3, 0.4) is 0 Å². The molecule has 1 aliphatic carbocycles. The van der Waals surface area contributed by atoms with Crippen molar-refractivity contribution in [3.8, 4) is 0 Å². The zero-order valence-electron chi connectivity index (χ0n) is 13.1. The molecular weight excluding hydrogens is 218 g/mol. The number of hydrogen-bond donors (Lipinski definition) is 1. The van der Waals surface area contributed by atoms with Crippen LogP contribution in [0.4, 0.5) is 0 Å². The molecule has 0 radical (unpaired) electrons. The minimum Gasteiger partial charge on any atom is -0.313 e. The van der Waals surface area contributed by atoms with Gasteiger partial charge < -0.3 is 5.32 Å². The highest BCUT2D eigenvalue weighted by Crippen LogP contribution is 2.31. The van der Waals surface area contributed by atoms with Gasteiger partial charge in [-0.1, -0.05) is 65.7 Å². The standard InChI is InChI=1S/C17H35N/c1-4-6-7-8-9-10-14-17(3,13-5-2)15-18-16-11-12-16/h16,18H,4-15H2,1-3H3. The van der Waals surface area contributed by atoms with E-state index in [9.17, 15) is 0 Å². The van der Waals surface area contributed by atoms with Gasteiger partial charge in [-0.15, -0.1) is 0 Å². The third-order valence-electron chi connectivity index (χ3n) is 4.38. The molecule has 0 amide bonds. The van der Waals surface area contributed by atoms with Crippen LogP contribution in [0.25, 0.3) is 0 Å². The zero-order chi connectivity index (χ0) is 13.3. The van der Waals surface area contributed by atoms with Gasteiger partial charge in [0, 0.05) is 12.6 Å². The van der Waals surface area contributed by atoms with Gasteiger partial charge in [0.15, 0.2) is 0 Å². The van der Waals surface area contributed by atoms with E-state index in [4.69, 9.17) is 0 Å². The molecule has 1 aliphatic rings. The fourth-order valence-electron chi connectivity index (χ4n) is 2.92. The predicted octanol–water partition coefficient (Wildman–Crippen LogP) is 5.30. The monoisotopic (exact) mass is 253 g/mol. The number of nitrogens with one attached hydrogen (secondary N) is 1. The molecule has 1 unspecified atom stereocenters. The van der Waals surface area contributed by atoms with Crippen molar-refractivity contribution in [1.29, 1.82) is 0 Å². The third kappa shape index (κ3) is 7.41. The molecule has 18 heavy (non-hydrogen) atoms. The Balaban J connectivity index is 2.10. The van der Waals surface area contributed by atoms with E-state index >= 15 is 0 Å². The smallest absolute Gasteiger partial charge is 0.00684 e. The van der Waals surface area contributed by atoms with Crippen LogP contribution in [-0.2, 0) is 0 Å². The summed E-state index contributed by atoms with van der Waals surface area (Å²) in [5.74, 6) is 0. The van der Waals surface area contributed by atoms with Crippen molar-refractivity contribution < 1.29 is 0 Å². The summed E-state index contributed by atoms with van der Waals surface area (Å²) in [6, 6.07) is 0.866. The van der Waals surface area contributed by atoms with Crippen molar-refractivity contribution >= 4 is 0 Å². The van der Waals surface area contributed by atoms with Gasteiger partial charge in [-0.3, -0.25) is 0 Å². The average molecular weight is 253 g/mol. The molecule has 0 aromatic heterocycles. The highest BCUT2D eigenvalue weighted by atomic mass is 15.0. The highest BCUT2D eigenvalue weighted by molar-refractivity contribution is 4.85. The normalized spacial score (nSPS) is 18.8. The van der Waals surface area contributed by atoms with Gasteiger partial charge in [0.25, 0.3) is 0 Å². The molecule has 1 rings (SSSR count). The molecule has 0 aromatic rings. The van der Waals surface area contributed by atoms with E-state index in [1.807, 2.05) is 0 Å². The Morgan fingerprint density at radius 1 is 0.889 bits per heavy atom. The van der Waals surface area contributed by atoms with E-state index in [0.29, 0.717) is 5.41 Å². The summed E-state index contributed by atoms with van der Waals surface area (Å²) in [5, 5.41) is 3.74. The van der Waals surface area contributed by atoms with Crippen molar-refractivity contribution in [2.24, 2.45) is 5.41 Å². The van der Waals surface area contributed by atoms with Crippen LogP contribution in [0.15, 0.2) is 0 Å². The van der Waals surface area contributed by atoms with Crippen LogP contribution in [0, 0.1) is 5.41 Å². The molecule has 0 bridgehead atoms. The van der Waals surface area contributed by atoms with Gasteiger partial charge in [-0.2, -0.15) is 0 Å². The lowest BCUT2D eigenvalue weighted by molar-refractivity contribution is 0.245. The van der Waals surface area contributed by atoms with Crippen molar-refractivity contribution in [3.63, 3.8) is 0 Å². The molecule has 1 N–H and O–H groups in total. The lowest BCUT2D eigenvalue weighted by atomic mass is 9.80. The first-order chi connectivity index (χ1) is 8.70. The third-order valence-corrected chi connectivity index (χ3v) is 4.38. The topological polar surface area (TPSA) is 12.0 Å². The maximum Gasteiger partial charge on any atom is 0.00684 e. The Kier molecular flexibility index (Phi) is 7.97. The minimum atomic E-state index is 0.558. The number of rotatable bonds is 12. The fraction of sp³-hybridized carbons (Fsp3) is 1.00. The molecule has 0 aromatic carbocycles. The summed E-state index contributed by atoms with van der Waals surface area (Å²) in [6.45, 7) is 8.37. The molecule has 0 spiro atoms. The van der Waals surface area contributed by atoms with Crippen LogP contribution >= 0.6 is 0 Å². The van der Waals surface area contributed by atoms with Crippen molar-refractivity contribution in [3.05, 3.63) is 0 Å². The van der Waals surface area contributed by atoms with Crippen LogP contribution in [0.2, 0.25) is 0 Å². The van der Waals surface area contributed by atoms with Crippen molar-refractivity contribution in [1.82, 2.24) is 5.32 Å². The van der Waals surface area contributed by atoms with E-state index in [2.05, 4.69) is 26.1 Å². The molecule has 108 valence electrons. The largest absolute Gasteiger partial charge is 0.313 e. The fourth-order valence-corrected chi connectivity index (χ4v) is 2.92. The molecule has 1 fully saturated rings. The minimum absolute atomic E-state index is 0.558. The summed E-state index contributed by atoms with van der Waals surface area (Å²) in [7, 11) is 0. The van der Waals surface area contributed by atoms with E-state index in [-0.39, 0.29) is 0 Å². The molecule has 1 heteroatoms. The van der Waals surface area contributed by atoms with Crippen LogP contribution in [0.1, 0.15) is 91.4 Å². The molecular formula is C17H35N. The van der Waals surface area contributed by atoms with Gasteiger partial charge in [0.2, 0.25) is 0 Å². The van der Waals surface area contributed by atoms with Gasteiger partial charge in [0.05, 0.1) is 0 Å². The van der Waals surface area contributed by atoms with Crippen LogP contribution in [-0.4, -0.2) is 12.6 Å². The van der Waals surface area contributed by atoms with Crippen LogP contribution in [0.5, 0.6) is 0 Å². The molecule has 1 nitrogen and oxygen atoms in total. The van der Waals surface area contributed by atoms with E-state index in [1.54, 1.807) is 0 Å². The second kappa shape index (κ2) is 8.96. The summed E-state index contributed by atoms with van der Waals surface area (Å²) >= 11 is 0. The average Bonchev–Trinajstić information content (AvgIpc) is 3.16. The summed E-state index contributed by atoms with van der Waals surface area (Å²) in [6.07, 6.45) is 15.5. The van der Waals surface area contributed by atoms with E-state index in [0.717, 1.165) is 6.04 Å². The van der Waals surface area contributed by atoms with Gasteiger partial charge in [-0.25, -0.2) is 0 Å². The van der Waals surface area contributed by atoms with Crippen molar-refractivity contribution in [2.45, 2.75) is 97.4 Å². The molecule has 0 saturated heterocycles. The maximum absolute atomic E-state index is 3.74. The van der Waals surface area contributed by atoms with E-state index in [1.165, 1.54) is 77.2 Å². The van der Waals surface area contributed by atoms with Gasteiger partial charge in [-0.05, 0) is 31.1 Å². The number of hydrogen-bond acceptors (Lipinski definition) is 1. The predicted molar refractivity (Wildman–Crippen MR) is 82.0 cm³/mol. The Morgan fingerprint density at radius 2 is 1.56 bits per heavy atom. The maximum atomic E-state index is 3.74. The lowest BCUT2D eigenvalue weighted by Crippen LogP contribution is -2.33. The molecule has 1 atom stereocenters. The first-order valence-corrected chi connectivity index (χ1v) is 8.43. The second-order valence-corrected chi connectivity index (χ2v) is 6.73. The Bertz CT molecular complexity index is 198. The quantitative estimate of drug-likeness (QED) is 0.466. The molecule has 1 saturated carbocycles. The number of unbranched alkanes of at least 4 members (excludes halogenated alkanes) is 5. The second-order valence-electron chi connectivity index (χ2n) is 6.73. The summed E-state index contributed by atoms with van der Waals surface area (Å²) < 4.78 is 0. The zero-order valence-corrected chi connectivity index (χ0v) is 13.1.